The molecule has 0 saturated heterocycles. The Morgan fingerprint density at radius 3 is 2.13 bits per heavy atom. The van der Waals surface area contributed by atoms with Crippen molar-refractivity contribution in [1.82, 2.24) is 0 Å². The normalized spacial score (nSPS) is 10.4. The van der Waals surface area contributed by atoms with Gasteiger partial charge in [0.15, 0.2) is 5.11 Å². The van der Waals surface area contributed by atoms with Crippen LogP contribution >= 0.6 is 23.6 Å². The van der Waals surface area contributed by atoms with Crippen LogP contribution in [-0.4, -0.2) is 18.2 Å². The van der Waals surface area contributed by atoms with Crippen molar-refractivity contribution in [3.05, 3.63) is 96.6 Å². The van der Waals surface area contributed by atoms with Crippen molar-refractivity contribution in [2.24, 2.45) is 0 Å². The number of ether oxygens (including phenoxy) is 1. The molecule has 2 N–H and O–H groups in total. The van der Waals surface area contributed by atoms with Crippen LogP contribution in [0.25, 0.3) is 21.6 Å². The van der Waals surface area contributed by atoms with Gasteiger partial charge >= 0.3 is 5.97 Å². The number of thiocarbonyl (C=S) groups is 1. The Morgan fingerprint density at radius 2 is 1.45 bits per heavy atom. The molecule has 0 fully saturated rings. The van der Waals surface area contributed by atoms with Crippen LogP contribution in [0.15, 0.2) is 91.0 Å². The summed E-state index contributed by atoms with van der Waals surface area (Å²) in [6.45, 7) is 0. The summed E-state index contributed by atoms with van der Waals surface area (Å²) in [7, 11) is 1.37. The number of hydrogen-bond donors (Lipinski definition) is 2. The van der Waals surface area contributed by atoms with Gasteiger partial charge in [-0.3, -0.25) is 0 Å². The molecule has 4 rings (SSSR count). The molecule has 0 bridgehead atoms. The minimum Gasteiger partial charge on any atom is -0.465 e. The van der Waals surface area contributed by atoms with Crippen molar-refractivity contribution in [2.75, 3.05) is 17.7 Å². The lowest BCUT2D eigenvalue weighted by Gasteiger charge is -2.14. The van der Waals surface area contributed by atoms with Crippen LogP contribution in [-0.2, 0) is 4.74 Å². The molecule has 0 aliphatic heterocycles. The first-order chi connectivity index (χ1) is 15.2. The molecule has 0 radical (unpaired) electrons. The number of nitrogens with one attached hydrogen (secondary N) is 2. The summed E-state index contributed by atoms with van der Waals surface area (Å²) < 4.78 is 4.97. The van der Waals surface area contributed by atoms with Crippen LogP contribution in [0.3, 0.4) is 0 Å². The first kappa shape index (κ1) is 20.8. The average Bonchev–Trinajstić information content (AvgIpc) is 3.23. The van der Waals surface area contributed by atoms with Gasteiger partial charge in [-0.15, -0.1) is 11.3 Å². The second-order valence-electron chi connectivity index (χ2n) is 6.70. The first-order valence-corrected chi connectivity index (χ1v) is 10.9. The number of rotatable bonds is 5. The Balaban J connectivity index is 1.60. The zero-order valence-electron chi connectivity index (χ0n) is 16.8. The number of methoxy groups -OCH3 is 1. The summed E-state index contributed by atoms with van der Waals surface area (Å²) in [5.41, 5.74) is 4.49. The van der Waals surface area contributed by atoms with Gasteiger partial charge < -0.3 is 15.4 Å². The Hall–Kier alpha value is -3.48. The highest BCUT2D eigenvalue weighted by molar-refractivity contribution is 7.80. The fraction of sp³-hybridized carbons (Fsp3) is 0.0400. The summed E-state index contributed by atoms with van der Waals surface area (Å²) in [5.74, 6) is -0.409. The van der Waals surface area contributed by atoms with E-state index in [1.165, 1.54) is 18.4 Å². The van der Waals surface area contributed by atoms with Crippen LogP contribution in [0.5, 0.6) is 0 Å². The van der Waals surface area contributed by atoms with Crippen LogP contribution in [0, 0.1) is 0 Å². The van der Waals surface area contributed by atoms with Gasteiger partial charge in [-0.05, 0) is 35.5 Å². The lowest BCUT2D eigenvalue weighted by Crippen LogP contribution is -2.20. The highest BCUT2D eigenvalue weighted by Crippen LogP contribution is 2.36. The molecule has 0 unspecified atom stereocenters. The van der Waals surface area contributed by atoms with Crippen molar-refractivity contribution < 1.29 is 9.53 Å². The third-order valence-electron chi connectivity index (χ3n) is 4.68. The Labute approximate surface area is 190 Å². The molecular weight excluding hydrogens is 424 g/mol. The molecule has 0 atom stereocenters. The Kier molecular flexibility index (Phi) is 6.40. The van der Waals surface area contributed by atoms with Crippen molar-refractivity contribution in [2.45, 2.75) is 0 Å². The smallest absolute Gasteiger partial charge is 0.340 e. The number of hydrogen-bond acceptors (Lipinski definition) is 4. The minimum atomic E-state index is -0.409. The number of esters is 1. The minimum absolute atomic E-state index is 0.398. The van der Waals surface area contributed by atoms with Crippen molar-refractivity contribution >= 4 is 45.3 Å². The predicted molar refractivity (Wildman–Crippen MR) is 133 cm³/mol. The lowest BCUT2D eigenvalue weighted by molar-refractivity contribution is 0.0602. The molecular formula is C25H20N2O2S2. The number of anilines is 2. The summed E-state index contributed by atoms with van der Waals surface area (Å²) >= 11 is 7.02. The van der Waals surface area contributed by atoms with Gasteiger partial charge in [-0.25, -0.2) is 4.79 Å². The SMILES string of the molecule is COC(=O)c1cc(-c2ccccc2)sc1NC(=S)Nc1ccccc1-c1ccccc1. The van der Waals surface area contributed by atoms with Gasteiger partial charge in [0.1, 0.15) is 5.00 Å². The molecule has 6 heteroatoms. The van der Waals surface area contributed by atoms with Gasteiger partial charge in [-0.1, -0.05) is 78.9 Å². The van der Waals surface area contributed by atoms with E-state index in [0.29, 0.717) is 15.7 Å². The summed E-state index contributed by atoms with van der Waals surface area (Å²) in [6, 6.07) is 29.8. The number of thiophene rings is 1. The Bertz CT molecular complexity index is 1200. The number of carbonyl (C=O) groups excluding carboxylic acids is 1. The summed E-state index contributed by atoms with van der Waals surface area (Å²) in [5, 5.41) is 7.48. The van der Waals surface area contributed by atoms with E-state index in [4.69, 9.17) is 17.0 Å². The summed E-state index contributed by atoms with van der Waals surface area (Å²) in [4.78, 5) is 13.3. The van der Waals surface area contributed by atoms with E-state index in [-0.39, 0.29) is 0 Å². The van der Waals surface area contributed by atoms with E-state index in [0.717, 1.165) is 27.3 Å². The van der Waals surface area contributed by atoms with Gasteiger partial charge in [0.2, 0.25) is 0 Å². The maximum absolute atomic E-state index is 12.3. The molecule has 3 aromatic carbocycles. The van der Waals surface area contributed by atoms with Crippen molar-refractivity contribution in [1.29, 1.82) is 0 Å². The molecule has 154 valence electrons. The fourth-order valence-electron chi connectivity index (χ4n) is 3.21. The van der Waals surface area contributed by atoms with Gasteiger partial charge in [0, 0.05) is 16.1 Å². The summed E-state index contributed by atoms with van der Waals surface area (Å²) in [6.07, 6.45) is 0. The third kappa shape index (κ3) is 4.82. The molecule has 0 saturated carbocycles. The second kappa shape index (κ2) is 9.55. The van der Waals surface area contributed by atoms with Crippen LogP contribution < -0.4 is 10.6 Å². The zero-order valence-corrected chi connectivity index (χ0v) is 18.4. The van der Waals surface area contributed by atoms with E-state index in [1.807, 2.05) is 78.9 Å². The Morgan fingerprint density at radius 1 is 0.839 bits per heavy atom. The predicted octanol–water partition coefficient (Wildman–Crippen LogP) is 6.68. The van der Waals surface area contributed by atoms with E-state index >= 15 is 0 Å². The topological polar surface area (TPSA) is 50.4 Å². The standard InChI is InChI=1S/C25H20N2O2S2/c1-29-24(28)20-16-22(18-12-6-3-7-13-18)31-23(20)27-25(30)26-21-15-9-8-14-19(21)17-10-4-2-5-11-17/h2-16H,1H3,(H2,26,27,30). The lowest BCUT2D eigenvalue weighted by atomic mass is 10.0. The quantitative estimate of drug-likeness (QED) is 0.266. The second-order valence-corrected chi connectivity index (χ2v) is 8.16. The third-order valence-corrected chi connectivity index (χ3v) is 5.99. The molecule has 4 aromatic rings. The highest BCUT2D eigenvalue weighted by Gasteiger charge is 2.19. The van der Waals surface area contributed by atoms with Crippen LogP contribution in [0.1, 0.15) is 10.4 Å². The molecule has 31 heavy (non-hydrogen) atoms. The first-order valence-electron chi connectivity index (χ1n) is 9.65. The van der Waals surface area contributed by atoms with Crippen LogP contribution in [0.4, 0.5) is 10.7 Å². The van der Waals surface area contributed by atoms with Gasteiger partial charge in [0.25, 0.3) is 0 Å². The maximum atomic E-state index is 12.3. The maximum Gasteiger partial charge on any atom is 0.340 e. The van der Waals surface area contributed by atoms with Crippen molar-refractivity contribution in [3.8, 4) is 21.6 Å². The van der Waals surface area contributed by atoms with E-state index in [2.05, 4.69) is 22.8 Å². The fourth-order valence-corrected chi connectivity index (χ4v) is 4.54. The molecule has 0 amide bonds. The van der Waals surface area contributed by atoms with Gasteiger partial charge in [-0.2, -0.15) is 0 Å². The number of carbonyl (C=O) groups is 1. The van der Waals surface area contributed by atoms with E-state index < -0.39 is 5.97 Å². The molecule has 0 aliphatic rings. The average molecular weight is 445 g/mol. The van der Waals surface area contributed by atoms with E-state index in [9.17, 15) is 4.79 Å². The van der Waals surface area contributed by atoms with Crippen LogP contribution in [0.2, 0.25) is 0 Å². The highest BCUT2D eigenvalue weighted by atomic mass is 32.1. The van der Waals surface area contributed by atoms with E-state index in [1.54, 1.807) is 0 Å². The largest absolute Gasteiger partial charge is 0.465 e. The molecule has 1 heterocycles. The number of para-hydroxylation sites is 1. The molecule has 0 spiro atoms. The monoisotopic (exact) mass is 444 g/mol. The molecule has 0 aliphatic carbocycles. The molecule has 1 aromatic heterocycles. The zero-order chi connectivity index (χ0) is 21.6. The number of benzene rings is 3. The van der Waals surface area contributed by atoms with Crippen molar-refractivity contribution in [3.63, 3.8) is 0 Å². The van der Waals surface area contributed by atoms with Gasteiger partial charge in [0.05, 0.1) is 12.7 Å². The molecule has 4 nitrogen and oxygen atoms in total.